The second-order valence-corrected chi connectivity index (χ2v) is 6.85. The fourth-order valence-electron chi connectivity index (χ4n) is 3.13. The molecule has 9 nitrogen and oxygen atoms in total. The van der Waals surface area contributed by atoms with Crippen LogP contribution >= 0.6 is 0 Å². The van der Waals surface area contributed by atoms with Gasteiger partial charge in [-0.1, -0.05) is 6.07 Å². The highest BCUT2D eigenvalue weighted by Gasteiger charge is 2.21. The van der Waals surface area contributed by atoms with Gasteiger partial charge in [0, 0.05) is 42.1 Å². The number of nitrogens with one attached hydrogen (secondary N) is 2. The monoisotopic (exact) mass is 423 g/mol. The summed E-state index contributed by atoms with van der Waals surface area (Å²) in [4.78, 5) is 47.9. The van der Waals surface area contributed by atoms with Crippen molar-refractivity contribution in [2.24, 2.45) is 5.73 Å². The highest BCUT2D eigenvalue weighted by Crippen LogP contribution is 2.23. The first-order valence-electron chi connectivity index (χ1n) is 9.35. The van der Waals surface area contributed by atoms with Gasteiger partial charge in [-0.3, -0.25) is 14.4 Å². The van der Waals surface area contributed by atoms with Crippen molar-refractivity contribution in [2.75, 3.05) is 12.4 Å². The maximum Gasteiger partial charge on any atom is 0.336 e. The van der Waals surface area contributed by atoms with Crippen LogP contribution in [-0.4, -0.2) is 30.9 Å². The largest absolute Gasteiger partial charge is 0.497 e. The predicted molar refractivity (Wildman–Crippen MR) is 114 cm³/mol. The van der Waals surface area contributed by atoms with E-state index in [-0.39, 0.29) is 17.9 Å². The summed E-state index contributed by atoms with van der Waals surface area (Å²) in [6.45, 7) is 1.35. The van der Waals surface area contributed by atoms with E-state index < -0.39 is 23.5 Å². The number of hydrogen-bond acceptors (Lipinski definition) is 6. The number of hydrogen-bond donors (Lipinski definition) is 3. The molecule has 4 N–H and O–H groups in total. The summed E-state index contributed by atoms with van der Waals surface area (Å²) in [5, 5.41) is 5.76. The van der Waals surface area contributed by atoms with E-state index in [1.807, 2.05) is 0 Å². The van der Waals surface area contributed by atoms with Gasteiger partial charge in [-0.25, -0.2) is 4.79 Å². The zero-order chi connectivity index (χ0) is 22.5. The Kier molecular flexibility index (Phi) is 6.35. The molecule has 2 aromatic carbocycles. The van der Waals surface area contributed by atoms with Crippen LogP contribution in [0, 0.1) is 0 Å². The van der Waals surface area contributed by atoms with Crippen LogP contribution < -0.4 is 26.7 Å². The van der Waals surface area contributed by atoms with Crippen LogP contribution in [0.15, 0.2) is 57.7 Å². The first-order chi connectivity index (χ1) is 14.8. The van der Waals surface area contributed by atoms with Crippen molar-refractivity contribution < 1.29 is 23.5 Å². The first-order valence-corrected chi connectivity index (χ1v) is 9.35. The maximum atomic E-state index is 12.7. The fourth-order valence-corrected chi connectivity index (χ4v) is 3.13. The Morgan fingerprint density at radius 1 is 1.13 bits per heavy atom. The van der Waals surface area contributed by atoms with E-state index in [9.17, 15) is 19.2 Å². The summed E-state index contributed by atoms with van der Waals surface area (Å²) in [5.74, 6) is -1.09. The molecule has 1 aromatic heterocycles. The van der Waals surface area contributed by atoms with Gasteiger partial charge in [-0.15, -0.1) is 0 Å². The molecule has 0 saturated carbocycles. The number of carbonyl (C=O) groups is 3. The zero-order valence-corrected chi connectivity index (χ0v) is 16.9. The van der Waals surface area contributed by atoms with E-state index in [1.165, 1.54) is 32.2 Å². The highest BCUT2D eigenvalue weighted by atomic mass is 16.5. The van der Waals surface area contributed by atoms with E-state index in [4.69, 9.17) is 14.9 Å². The van der Waals surface area contributed by atoms with Crippen LogP contribution in [-0.2, 0) is 16.0 Å². The lowest BCUT2D eigenvalue weighted by atomic mass is 10.0. The van der Waals surface area contributed by atoms with Gasteiger partial charge in [0.25, 0.3) is 5.91 Å². The summed E-state index contributed by atoms with van der Waals surface area (Å²) >= 11 is 0. The molecule has 3 rings (SSSR count). The second-order valence-electron chi connectivity index (χ2n) is 6.85. The Labute approximate surface area is 177 Å². The van der Waals surface area contributed by atoms with Crippen LogP contribution in [0.1, 0.15) is 22.8 Å². The van der Waals surface area contributed by atoms with Crippen molar-refractivity contribution in [1.82, 2.24) is 5.32 Å². The number of nitrogens with two attached hydrogens (primary N) is 1. The lowest BCUT2D eigenvalue weighted by molar-refractivity contribution is -0.119. The molecule has 3 aromatic rings. The first kappa shape index (κ1) is 21.6. The highest BCUT2D eigenvalue weighted by molar-refractivity contribution is 5.99. The number of primary amides is 1. The molecule has 1 heterocycles. The normalized spacial score (nSPS) is 11.5. The third-order valence-electron chi connectivity index (χ3n) is 4.56. The van der Waals surface area contributed by atoms with Crippen LogP contribution in [0.4, 0.5) is 5.69 Å². The average molecular weight is 423 g/mol. The molecule has 1 atom stereocenters. The second kappa shape index (κ2) is 9.12. The van der Waals surface area contributed by atoms with Gasteiger partial charge in [-0.05, 0) is 35.9 Å². The molecule has 3 amide bonds. The van der Waals surface area contributed by atoms with E-state index in [2.05, 4.69) is 10.6 Å². The molecule has 0 aliphatic carbocycles. The minimum Gasteiger partial charge on any atom is -0.497 e. The molecule has 0 unspecified atom stereocenters. The standard InChI is InChI=1S/C22H21N3O6/c1-12(26)24-15-5-3-4-13(8-15)22(29)25-18(21(23)28)9-14-10-20(27)31-19-11-16(30-2)6-7-17(14)19/h3-8,10-11,18H,9H2,1-2H3,(H2,23,28)(H,24,26)(H,25,29)/t18-/m0/s1. The van der Waals surface area contributed by atoms with Gasteiger partial charge in [0.2, 0.25) is 11.8 Å². The molecule has 0 bridgehead atoms. The molecule has 0 spiro atoms. The molecule has 0 radical (unpaired) electrons. The third-order valence-corrected chi connectivity index (χ3v) is 4.56. The number of methoxy groups -OCH3 is 1. The van der Waals surface area contributed by atoms with Crippen molar-refractivity contribution in [2.45, 2.75) is 19.4 Å². The van der Waals surface area contributed by atoms with Crippen molar-refractivity contribution in [3.05, 3.63) is 70.1 Å². The van der Waals surface area contributed by atoms with Crippen molar-refractivity contribution >= 4 is 34.4 Å². The summed E-state index contributed by atoms with van der Waals surface area (Å²) in [6.07, 6.45) is -0.0130. The van der Waals surface area contributed by atoms with Crippen LogP contribution in [0.5, 0.6) is 5.75 Å². The number of ether oxygens (including phenoxy) is 1. The predicted octanol–water partition coefficient (Wildman–Crippen LogP) is 1.59. The molecule has 0 fully saturated rings. The van der Waals surface area contributed by atoms with Crippen LogP contribution in [0.2, 0.25) is 0 Å². The smallest absolute Gasteiger partial charge is 0.336 e. The number of rotatable bonds is 7. The quantitative estimate of drug-likeness (QED) is 0.493. The summed E-state index contributed by atoms with van der Waals surface area (Å²) in [5.41, 5.74) is 6.36. The summed E-state index contributed by atoms with van der Waals surface area (Å²) in [7, 11) is 1.49. The van der Waals surface area contributed by atoms with Crippen molar-refractivity contribution in [1.29, 1.82) is 0 Å². The third kappa shape index (κ3) is 5.27. The van der Waals surface area contributed by atoms with Crippen molar-refractivity contribution in [3.8, 4) is 5.75 Å². The Morgan fingerprint density at radius 2 is 1.90 bits per heavy atom. The average Bonchev–Trinajstić information content (AvgIpc) is 2.72. The zero-order valence-electron chi connectivity index (χ0n) is 16.9. The maximum absolute atomic E-state index is 12.7. The Balaban J connectivity index is 1.87. The number of carbonyl (C=O) groups excluding carboxylic acids is 3. The Bertz CT molecular complexity index is 1220. The van der Waals surface area contributed by atoms with Crippen LogP contribution in [0.25, 0.3) is 11.0 Å². The molecular formula is C22H21N3O6. The van der Waals surface area contributed by atoms with Gasteiger partial charge in [-0.2, -0.15) is 0 Å². The molecule has 9 heteroatoms. The lowest BCUT2D eigenvalue weighted by Crippen LogP contribution is -2.46. The van der Waals surface area contributed by atoms with E-state index in [0.717, 1.165) is 0 Å². The molecule has 0 aliphatic heterocycles. The Morgan fingerprint density at radius 3 is 2.58 bits per heavy atom. The number of fused-ring (bicyclic) bond motifs is 1. The van der Waals surface area contributed by atoms with E-state index in [0.29, 0.717) is 28.0 Å². The molecule has 160 valence electrons. The van der Waals surface area contributed by atoms with Gasteiger partial charge in [0.05, 0.1) is 7.11 Å². The molecular weight excluding hydrogens is 402 g/mol. The van der Waals surface area contributed by atoms with Gasteiger partial charge < -0.3 is 25.5 Å². The lowest BCUT2D eigenvalue weighted by Gasteiger charge is -2.17. The molecule has 0 saturated heterocycles. The minimum absolute atomic E-state index is 0.0130. The van der Waals surface area contributed by atoms with Crippen molar-refractivity contribution in [3.63, 3.8) is 0 Å². The van der Waals surface area contributed by atoms with E-state index >= 15 is 0 Å². The number of anilines is 1. The number of amides is 3. The topological polar surface area (TPSA) is 141 Å². The fraction of sp³-hybridized carbons (Fsp3) is 0.182. The van der Waals surface area contributed by atoms with E-state index in [1.54, 1.807) is 30.3 Å². The Hall–Kier alpha value is -4.14. The van der Waals surface area contributed by atoms with Gasteiger partial charge in [0.1, 0.15) is 17.4 Å². The van der Waals surface area contributed by atoms with Gasteiger partial charge in [0.15, 0.2) is 0 Å². The minimum atomic E-state index is -1.08. The SMILES string of the molecule is COc1ccc2c(C[C@H](NC(=O)c3cccc(NC(C)=O)c3)C(N)=O)cc(=O)oc2c1. The molecule has 31 heavy (non-hydrogen) atoms. The summed E-state index contributed by atoms with van der Waals surface area (Å²) < 4.78 is 10.3. The van der Waals surface area contributed by atoms with Gasteiger partial charge >= 0.3 is 5.63 Å². The summed E-state index contributed by atoms with van der Waals surface area (Å²) in [6, 6.07) is 11.4. The number of benzene rings is 2. The van der Waals surface area contributed by atoms with Crippen LogP contribution in [0.3, 0.4) is 0 Å². The molecule has 0 aliphatic rings.